The number of aliphatic hydroxyl groups is 1. The van der Waals surface area contributed by atoms with Crippen molar-refractivity contribution in [3.05, 3.63) is 108 Å². The van der Waals surface area contributed by atoms with Crippen LogP contribution in [0, 0.1) is 5.92 Å². The van der Waals surface area contributed by atoms with Gasteiger partial charge in [0.05, 0.1) is 12.1 Å². The van der Waals surface area contributed by atoms with Crippen LogP contribution >= 0.6 is 0 Å². The number of carbonyl (C=O) groups is 9. The highest BCUT2D eigenvalue weighted by Crippen LogP contribution is 2.22. The zero-order valence-electron chi connectivity index (χ0n) is 55.1. The van der Waals surface area contributed by atoms with Crippen molar-refractivity contribution >= 4 is 92.9 Å². The van der Waals surface area contributed by atoms with Crippen LogP contribution in [0.5, 0.6) is 0 Å². The van der Waals surface area contributed by atoms with Crippen LogP contribution in [-0.2, 0) is 62.4 Å². The van der Waals surface area contributed by atoms with Crippen LogP contribution in [0.15, 0.2) is 106 Å². The number of aromatic amines is 2. The minimum absolute atomic E-state index is 0.00596. The van der Waals surface area contributed by atoms with Gasteiger partial charge < -0.3 is 109 Å². The number of aliphatic hydroxyl groups excluding tert-OH is 1. The third kappa shape index (κ3) is 26.1. The SMILES string of the molecule is CC(C)C[C@H](NC(=O)[C@H](Cc1c[nH]c2ccccc12)NC(=O)[C@H](CCCN=C(N)N)NC(=O)[C@@H](N)CCCCN)C(=O)N[C@H](C(=O)N[C@@H](Cc1c[nH]c2ccccc12)C(=O)N[C@@H](CCCN=C(N)N)C(=O)N[C@@H](Cc1ccccc1)C(=O)N[C@@H](CCCN=C(N)N)C(=O)O)[C@@H](C)O. The van der Waals surface area contributed by atoms with E-state index in [1.165, 1.54) is 6.92 Å². The normalized spacial score (nSPS) is 14.3. The zero-order valence-corrected chi connectivity index (χ0v) is 55.1. The number of hydrogen-bond acceptors (Lipinski definition) is 15. The Kier molecular flexibility index (Phi) is 31.5. The van der Waals surface area contributed by atoms with E-state index in [0.29, 0.717) is 47.0 Å². The molecular weight excluding hydrogens is 1250 g/mol. The number of rotatable bonds is 42. The van der Waals surface area contributed by atoms with Gasteiger partial charge in [-0.2, -0.15) is 0 Å². The van der Waals surface area contributed by atoms with Crippen LogP contribution in [0.3, 0.4) is 0 Å². The number of H-pyrrole nitrogens is 2. The number of carbonyl (C=O) groups excluding carboxylic acids is 8. The van der Waals surface area contributed by atoms with Gasteiger partial charge in [0.1, 0.15) is 48.3 Å². The van der Waals surface area contributed by atoms with E-state index in [0.717, 1.165) is 10.9 Å². The second kappa shape index (κ2) is 39.5. The quantitative estimate of drug-likeness (QED) is 0.0111. The van der Waals surface area contributed by atoms with Crippen molar-refractivity contribution < 1.29 is 53.4 Å². The molecule has 0 saturated heterocycles. The maximum atomic E-state index is 15.0. The maximum Gasteiger partial charge on any atom is 0.326 e. The summed E-state index contributed by atoms with van der Waals surface area (Å²) in [6.07, 6.45) is 2.89. The molecule has 0 spiro atoms. The number of amides is 8. The van der Waals surface area contributed by atoms with Gasteiger partial charge in [-0.05, 0) is 106 Å². The van der Waals surface area contributed by atoms with Gasteiger partial charge in [0.2, 0.25) is 47.3 Å². The lowest BCUT2D eigenvalue weighted by Crippen LogP contribution is -2.62. The summed E-state index contributed by atoms with van der Waals surface area (Å²) in [6.45, 7) is 5.36. The first-order chi connectivity index (χ1) is 46.2. The number of nitrogens with zero attached hydrogens (tertiary/aromatic N) is 3. The van der Waals surface area contributed by atoms with E-state index < -0.39 is 114 Å². The highest BCUT2D eigenvalue weighted by molar-refractivity contribution is 5.99. The van der Waals surface area contributed by atoms with E-state index >= 15 is 4.79 Å². The number of aromatic nitrogens is 2. The number of fused-ring (bicyclic) bond motifs is 2. The van der Waals surface area contributed by atoms with Crippen molar-refractivity contribution in [2.24, 2.45) is 66.8 Å². The fraction of sp³-hybridized carbons (Fsp3) is 0.477. The summed E-state index contributed by atoms with van der Waals surface area (Å²) in [5.41, 5.74) is 48.3. The lowest BCUT2D eigenvalue weighted by molar-refractivity contribution is -0.142. The molecule has 28 N–H and O–H groups in total. The summed E-state index contributed by atoms with van der Waals surface area (Å²) in [7, 11) is 0. The Morgan fingerprint density at radius 2 is 0.825 bits per heavy atom. The number of nitrogens with one attached hydrogen (secondary N) is 10. The average Bonchev–Trinajstić information content (AvgIpc) is 1.77. The van der Waals surface area contributed by atoms with Gasteiger partial charge in [0, 0.05) is 73.1 Å². The number of carboxylic acids is 1. The van der Waals surface area contributed by atoms with E-state index in [1.54, 1.807) is 86.9 Å². The van der Waals surface area contributed by atoms with Gasteiger partial charge in [0.15, 0.2) is 17.9 Å². The highest BCUT2D eigenvalue weighted by atomic mass is 16.4. The van der Waals surface area contributed by atoms with E-state index in [-0.39, 0.29) is 114 Å². The molecule has 0 saturated carbocycles. The Morgan fingerprint density at radius 3 is 1.27 bits per heavy atom. The smallest absolute Gasteiger partial charge is 0.326 e. The van der Waals surface area contributed by atoms with Gasteiger partial charge in [-0.25, -0.2) is 4.79 Å². The van der Waals surface area contributed by atoms with E-state index in [2.05, 4.69) is 67.5 Å². The van der Waals surface area contributed by atoms with Crippen LogP contribution in [0.1, 0.15) is 102 Å². The molecule has 5 aromatic rings. The molecule has 0 aliphatic carbocycles. The number of hydrogen-bond donors (Lipinski definition) is 20. The molecule has 8 amide bonds. The van der Waals surface area contributed by atoms with Crippen molar-refractivity contribution in [2.75, 3.05) is 26.2 Å². The molecule has 528 valence electrons. The fourth-order valence-corrected chi connectivity index (χ4v) is 10.7. The molecule has 0 radical (unpaired) electrons. The number of aliphatic imine (C=N–C) groups is 3. The van der Waals surface area contributed by atoms with Gasteiger partial charge in [-0.3, -0.25) is 53.3 Å². The minimum atomic E-state index is -1.80. The number of carboxylic acid groups (broad SMARTS) is 1. The minimum Gasteiger partial charge on any atom is -0.480 e. The Bertz CT molecular complexity index is 3510. The molecule has 10 atom stereocenters. The largest absolute Gasteiger partial charge is 0.480 e. The van der Waals surface area contributed by atoms with Crippen LogP contribution < -0.4 is 88.4 Å². The molecule has 32 nitrogen and oxygen atoms in total. The van der Waals surface area contributed by atoms with Crippen LogP contribution in [0.2, 0.25) is 0 Å². The molecule has 0 bridgehead atoms. The van der Waals surface area contributed by atoms with Crippen molar-refractivity contribution in [1.82, 2.24) is 52.5 Å². The fourth-order valence-electron chi connectivity index (χ4n) is 10.7. The Morgan fingerprint density at radius 1 is 0.443 bits per heavy atom. The third-order valence-corrected chi connectivity index (χ3v) is 15.8. The molecule has 2 heterocycles. The Labute approximate surface area is 562 Å². The first-order valence-electron chi connectivity index (χ1n) is 32.3. The predicted octanol–water partition coefficient (Wildman–Crippen LogP) is -2.32. The van der Waals surface area contributed by atoms with Crippen molar-refractivity contribution in [1.29, 1.82) is 0 Å². The van der Waals surface area contributed by atoms with Crippen LogP contribution in [0.4, 0.5) is 0 Å². The number of aliphatic carboxylic acids is 1. The highest BCUT2D eigenvalue weighted by Gasteiger charge is 2.37. The first-order valence-corrected chi connectivity index (χ1v) is 32.3. The molecule has 97 heavy (non-hydrogen) atoms. The summed E-state index contributed by atoms with van der Waals surface area (Å²) < 4.78 is 0. The number of unbranched alkanes of at least 4 members (excludes halogenated alkanes) is 1. The van der Waals surface area contributed by atoms with Crippen LogP contribution in [-0.4, -0.2) is 178 Å². The molecule has 0 aliphatic rings. The summed E-state index contributed by atoms with van der Waals surface area (Å²) in [4.78, 5) is 147. The second-order valence-corrected chi connectivity index (χ2v) is 24.2. The molecule has 3 aromatic carbocycles. The first kappa shape index (κ1) is 77.4. The molecule has 32 heteroatoms. The third-order valence-electron chi connectivity index (χ3n) is 15.8. The standard InChI is InChI=1S/C65H97N21O11/c1-36(2)30-49(82-59(93)51(32-39-34-77-44-21-9-7-18-41(39)44)84-55(89)46(23-13-27-74-63(68)69)79-54(88)43(67)20-11-12-26-66)60(94)86-53(37(3)87)61(95)85-52(33-40-35-78-45-22-10-8-19-42(40)45)58(92)80-47(24-14-28-75-64(70)71)56(90)83-50(31-38-16-5-4-6-17-38)57(91)81-48(62(96)97)25-15-29-76-65(72)73/h4-10,16-19,21-22,34-37,43,46-53,77-78,87H,11-15,20,23-33,66-67H2,1-3H3,(H,79,88)(H,80,92)(H,81,91)(H,82,93)(H,83,90)(H,84,89)(H,85,95)(H,86,94)(H,96,97)(H4,68,69,74)(H4,70,71,75)(H4,72,73,76)/t37-,43+,46+,47+,48+,49+,50+,51+,52+,53+/m1/s1. The van der Waals surface area contributed by atoms with E-state index in [9.17, 15) is 48.6 Å². The molecule has 0 fully saturated rings. The van der Waals surface area contributed by atoms with Gasteiger partial charge in [-0.1, -0.05) is 87.0 Å². The van der Waals surface area contributed by atoms with Gasteiger partial charge >= 0.3 is 5.97 Å². The number of para-hydroxylation sites is 2. The number of guanidine groups is 3. The zero-order chi connectivity index (χ0) is 71.1. The summed E-state index contributed by atoms with van der Waals surface area (Å²) >= 11 is 0. The molecule has 0 aliphatic heterocycles. The van der Waals surface area contributed by atoms with Crippen molar-refractivity contribution in [3.63, 3.8) is 0 Å². The molecule has 0 unspecified atom stereocenters. The lowest BCUT2D eigenvalue weighted by Gasteiger charge is -2.29. The molecule has 5 rings (SSSR count). The van der Waals surface area contributed by atoms with Crippen molar-refractivity contribution in [2.45, 2.75) is 165 Å². The summed E-state index contributed by atoms with van der Waals surface area (Å²) in [5.74, 6) is -9.17. The number of nitrogens with two attached hydrogens (primary N) is 8. The van der Waals surface area contributed by atoms with E-state index in [1.807, 2.05) is 18.2 Å². The lowest BCUT2D eigenvalue weighted by atomic mass is 9.99. The van der Waals surface area contributed by atoms with Crippen molar-refractivity contribution in [3.8, 4) is 0 Å². The average molecular weight is 1350 g/mol. The topological polar surface area (TPSA) is 567 Å². The van der Waals surface area contributed by atoms with Crippen LogP contribution in [0.25, 0.3) is 21.8 Å². The Balaban J connectivity index is 1.46. The number of benzene rings is 3. The van der Waals surface area contributed by atoms with E-state index in [4.69, 9.17) is 45.9 Å². The summed E-state index contributed by atoms with van der Waals surface area (Å²) in [5, 5.41) is 44.4. The monoisotopic (exact) mass is 1350 g/mol. The summed E-state index contributed by atoms with van der Waals surface area (Å²) in [6, 6.07) is 10.2. The second-order valence-electron chi connectivity index (χ2n) is 24.2. The predicted molar refractivity (Wildman–Crippen MR) is 369 cm³/mol. The van der Waals surface area contributed by atoms with Gasteiger partial charge in [-0.15, -0.1) is 0 Å². The molecular formula is C65H97N21O11. The van der Waals surface area contributed by atoms with Gasteiger partial charge in [0.25, 0.3) is 0 Å². The maximum absolute atomic E-state index is 15.0. The Hall–Kier alpha value is -10.3. The molecule has 2 aromatic heterocycles.